The molecular weight excluding hydrogens is 76.1 g/mol. The SMILES string of the molecule is [2H]c1cccnn1. The van der Waals surface area contributed by atoms with Crippen LogP contribution in [0, 0.1) is 0 Å². The van der Waals surface area contributed by atoms with E-state index in [0.29, 0.717) is 0 Å². The molecular formula is C4H4N2. The molecule has 1 aromatic rings. The molecule has 1 rings (SSSR count). The number of hydrogen-bond acceptors (Lipinski definition) is 2. The Kier molecular flexibility index (Phi) is 0.572. The first kappa shape index (κ1) is 2.29. The third-order valence-corrected chi connectivity index (χ3v) is 0.439. The molecule has 0 radical (unpaired) electrons. The van der Waals surface area contributed by atoms with Gasteiger partial charge in [0.2, 0.25) is 0 Å². The lowest BCUT2D eigenvalue weighted by atomic mass is 10.6. The van der Waals surface area contributed by atoms with Gasteiger partial charge in [-0.05, 0) is 12.1 Å². The second kappa shape index (κ2) is 1.50. The van der Waals surface area contributed by atoms with Crippen LogP contribution in [0.1, 0.15) is 1.37 Å². The Hall–Kier alpha value is -0.920. The molecule has 6 heavy (non-hydrogen) atoms. The smallest absolute Gasteiger partial charge is 0.0860 e. The molecule has 0 fully saturated rings. The third kappa shape index (κ3) is 0.516. The van der Waals surface area contributed by atoms with E-state index < -0.39 is 0 Å². The summed E-state index contributed by atoms with van der Waals surface area (Å²) in [5, 5.41) is 6.84. The Morgan fingerprint density at radius 2 is 2.33 bits per heavy atom. The quantitative estimate of drug-likeness (QED) is 0.454. The van der Waals surface area contributed by atoms with Crippen molar-refractivity contribution in [3.05, 3.63) is 24.5 Å². The molecule has 0 amide bonds. The molecule has 0 bridgehead atoms. The van der Waals surface area contributed by atoms with Gasteiger partial charge in [-0.15, -0.1) is 0 Å². The van der Waals surface area contributed by atoms with Gasteiger partial charge in [0.15, 0.2) is 0 Å². The largest absolute Gasteiger partial charge is 0.159 e. The minimum absolute atomic E-state index is 0.211. The Bertz CT molecular complexity index is 140. The molecule has 0 aliphatic carbocycles. The van der Waals surface area contributed by atoms with Crippen LogP contribution in [0.15, 0.2) is 24.5 Å². The highest BCUT2D eigenvalue weighted by molar-refractivity contribution is 4.79. The van der Waals surface area contributed by atoms with Crippen molar-refractivity contribution in [2.75, 3.05) is 0 Å². The summed E-state index contributed by atoms with van der Waals surface area (Å²) in [5.74, 6) is 0. The topological polar surface area (TPSA) is 25.8 Å². The highest BCUT2D eigenvalue weighted by atomic mass is 15.1. The first-order valence-corrected chi connectivity index (χ1v) is 1.64. The lowest BCUT2D eigenvalue weighted by molar-refractivity contribution is 1.03. The molecule has 0 saturated heterocycles. The highest BCUT2D eigenvalue weighted by Gasteiger charge is 1.59. The van der Waals surface area contributed by atoms with E-state index >= 15 is 0 Å². The molecule has 0 aliphatic heterocycles. The molecule has 0 aromatic carbocycles. The van der Waals surface area contributed by atoms with E-state index in [4.69, 9.17) is 1.37 Å². The summed E-state index contributed by atoms with van der Waals surface area (Å²) < 4.78 is 6.82. The maximum atomic E-state index is 6.82. The van der Waals surface area contributed by atoms with E-state index in [1.807, 2.05) is 0 Å². The van der Waals surface area contributed by atoms with Crippen LogP contribution in [0.2, 0.25) is 0 Å². The Morgan fingerprint density at radius 1 is 1.33 bits per heavy atom. The zero-order valence-electron chi connectivity index (χ0n) is 4.13. The Labute approximate surface area is 37.2 Å². The van der Waals surface area contributed by atoms with Crippen LogP contribution in [0.25, 0.3) is 0 Å². The van der Waals surface area contributed by atoms with Crippen molar-refractivity contribution in [3.63, 3.8) is 0 Å². The first-order valence-electron chi connectivity index (χ1n) is 2.14. The fourth-order valence-electron chi connectivity index (χ4n) is 0.225. The predicted octanol–water partition coefficient (Wildman–Crippen LogP) is 0.477. The zero-order valence-corrected chi connectivity index (χ0v) is 3.13. The van der Waals surface area contributed by atoms with Crippen LogP contribution in [0.4, 0.5) is 0 Å². The summed E-state index contributed by atoms with van der Waals surface area (Å²) in [5.41, 5.74) is 0. The van der Waals surface area contributed by atoms with Gasteiger partial charge in [-0.25, -0.2) is 0 Å². The summed E-state index contributed by atoms with van der Waals surface area (Å²) in [7, 11) is 0. The van der Waals surface area contributed by atoms with E-state index in [-0.39, 0.29) is 6.17 Å². The Morgan fingerprint density at radius 3 is 2.67 bits per heavy atom. The minimum atomic E-state index is 0.211. The molecule has 0 unspecified atom stereocenters. The van der Waals surface area contributed by atoms with Crippen molar-refractivity contribution in [1.29, 1.82) is 0 Å². The summed E-state index contributed by atoms with van der Waals surface area (Å²) in [4.78, 5) is 0. The first-order chi connectivity index (χ1) is 3.39. The molecule has 30 valence electrons. The summed E-state index contributed by atoms with van der Waals surface area (Å²) in [6.07, 6.45) is 1.75. The zero-order chi connectivity index (χ0) is 5.11. The van der Waals surface area contributed by atoms with Gasteiger partial charge >= 0.3 is 0 Å². The van der Waals surface area contributed by atoms with Gasteiger partial charge in [0.05, 0.1) is 1.37 Å². The maximum Gasteiger partial charge on any atom is 0.0860 e. The molecule has 0 atom stereocenters. The molecule has 0 spiro atoms. The molecule has 2 nitrogen and oxygen atoms in total. The van der Waals surface area contributed by atoms with Gasteiger partial charge in [-0.3, -0.25) is 0 Å². The number of aromatic nitrogens is 2. The van der Waals surface area contributed by atoms with Gasteiger partial charge in [-0.2, -0.15) is 10.2 Å². The lowest BCUT2D eigenvalue weighted by Crippen LogP contribution is -1.69. The number of nitrogens with zero attached hydrogens (tertiary/aromatic N) is 2. The van der Waals surface area contributed by atoms with Crippen molar-refractivity contribution >= 4 is 0 Å². The molecule has 0 aliphatic rings. The fourth-order valence-corrected chi connectivity index (χ4v) is 0.225. The van der Waals surface area contributed by atoms with Crippen LogP contribution in [-0.4, -0.2) is 10.2 Å². The summed E-state index contributed by atoms with van der Waals surface area (Å²) >= 11 is 0. The van der Waals surface area contributed by atoms with E-state index in [0.717, 1.165) is 0 Å². The van der Waals surface area contributed by atoms with Gasteiger partial charge in [-0.1, -0.05) is 0 Å². The van der Waals surface area contributed by atoms with Gasteiger partial charge < -0.3 is 0 Å². The van der Waals surface area contributed by atoms with E-state index in [9.17, 15) is 0 Å². The lowest BCUT2D eigenvalue weighted by Gasteiger charge is -1.69. The maximum absolute atomic E-state index is 6.82. The van der Waals surface area contributed by atoms with Gasteiger partial charge in [0, 0.05) is 12.4 Å². The summed E-state index contributed by atoms with van der Waals surface area (Å²) in [6, 6.07) is 3.25. The fraction of sp³-hybridized carbons (Fsp3) is 0. The van der Waals surface area contributed by atoms with Crippen LogP contribution in [-0.2, 0) is 0 Å². The van der Waals surface area contributed by atoms with Crippen LogP contribution in [0.3, 0.4) is 0 Å². The van der Waals surface area contributed by atoms with Gasteiger partial charge in [0.1, 0.15) is 0 Å². The van der Waals surface area contributed by atoms with Crippen molar-refractivity contribution < 1.29 is 1.37 Å². The van der Waals surface area contributed by atoms with Crippen LogP contribution >= 0.6 is 0 Å². The molecule has 0 saturated carbocycles. The molecule has 0 N–H and O–H groups in total. The van der Waals surface area contributed by atoms with Crippen molar-refractivity contribution in [1.82, 2.24) is 10.2 Å². The van der Waals surface area contributed by atoms with Crippen molar-refractivity contribution in [2.24, 2.45) is 0 Å². The number of hydrogen-bond donors (Lipinski definition) is 0. The second-order valence-corrected chi connectivity index (χ2v) is 0.853. The van der Waals surface area contributed by atoms with Crippen molar-refractivity contribution in [2.45, 2.75) is 0 Å². The van der Waals surface area contributed by atoms with E-state index in [1.54, 1.807) is 12.1 Å². The van der Waals surface area contributed by atoms with Gasteiger partial charge in [0.25, 0.3) is 0 Å². The third-order valence-electron chi connectivity index (χ3n) is 0.439. The average Bonchev–Trinajstić information content (AvgIpc) is 1.69. The molecule has 1 heterocycles. The Balaban J connectivity index is 3.02. The molecule has 1 aromatic heterocycles. The number of rotatable bonds is 0. The summed E-state index contributed by atoms with van der Waals surface area (Å²) in [6.45, 7) is 0. The average molecular weight is 81.1 g/mol. The minimum Gasteiger partial charge on any atom is -0.159 e. The van der Waals surface area contributed by atoms with Crippen molar-refractivity contribution in [3.8, 4) is 0 Å². The standard InChI is InChI=1S/C4H4N2/c1-2-4-6-5-3-1/h1-4H/i3D. The van der Waals surface area contributed by atoms with Crippen LogP contribution in [0.5, 0.6) is 0 Å². The highest BCUT2D eigenvalue weighted by Crippen LogP contribution is 1.68. The second-order valence-electron chi connectivity index (χ2n) is 0.853. The predicted molar refractivity (Wildman–Crippen MR) is 22.0 cm³/mol. The van der Waals surface area contributed by atoms with E-state index in [2.05, 4.69) is 10.2 Å². The monoisotopic (exact) mass is 81.0 g/mol. The van der Waals surface area contributed by atoms with Crippen LogP contribution < -0.4 is 0 Å². The molecule has 2 heteroatoms. The normalized spacial score (nSPS) is 10.3. The van der Waals surface area contributed by atoms with E-state index in [1.165, 1.54) is 6.20 Å².